The van der Waals surface area contributed by atoms with Gasteiger partial charge in [-0.2, -0.15) is 0 Å². The van der Waals surface area contributed by atoms with Crippen LogP contribution in [0.2, 0.25) is 0 Å². The Morgan fingerprint density at radius 2 is 2.15 bits per heavy atom. The third-order valence-corrected chi connectivity index (χ3v) is 2.74. The number of aryl methyl sites for hydroxylation is 1. The summed E-state index contributed by atoms with van der Waals surface area (Å²) >= 11 is 0. The Hall–Kier alpha value is -1.05. The summed E-state index contributed by atoms with van der Waals surface area (Å²) in [7, 11) is 0. The minimum absolute atomic E-state index is 0.695. The van der Waals surface area contributed by atoms with Gasteiger partial charge in [0.15, 0.2) is 0 Å². The molecule has 0 aliphatic heterocycles. The Morgan fingerprint density at radius 1 is 1.38 bits per heavy atom. The molecule has 2 heteroatoms. The number of nitrogens with zero attached hydrogens (tertiary/aromatic N) is 1. The SMILES string of the molecule is Cc1cnccc1NC1CCCC1. The molecule has 0 amide bonds. The third-order valence-electron chi connectivity index (χ3n) is 2.74. The lowest BCUT2D eigenvalue weighted by atomic mass is 10.2. The fraction of sp³-hybridized carbons (Fsp3) is 0.545. The second-order valence-electron chi connectivity index (χ2n) is 3.82. The Morgan fingerprint density at radius 3 is 2.85 bits per heavy atom. The van der Waals surface area contributed by atoms with Crippen LogP contribution in [0.15, 0.2) is 18.5 Å². The highest BCUT2D eigenvalue weighted by molar-refractivity contribution is 5.49. The molecule has 1 aromatic rings. The van der Waals surface area contributed by atoms with E-state index in [0.717, 1.165) is 0 Å². The fourth-order valence-electron chi connectivity index (χ4n) is 1.93. The van der Waals surface area contributed by atoms with Crippen molar-refractivity contribution >= 4 is 5.69 Å². The Labute approximate surface area is 79.4 Å². The van der Waals surface area contributed by atoms with Crippen molar-refractivity contribution in [3.63, 3.8) is 0 Å². The Balaban J connectivity index is 2.04. The molecule has 1 aromatic heterocycles. The minimum atomic E-state index is 0.695. The number of nitrogens with one attached hydrogen (secondary N) is 1. The maximum atomic E-state index is 4.08. The van der Waals surface area contributed by atoms with Crippen LogP contribution in [-0.4, -0.2) is 11.0 Å². The van der Waals surface area contributed by atoms with E-state index in [1.54, 1.807) is 0 Å². The Kier molecular flexibility index (Phi) is 2.48. The lowest BCUT2D eigenvalue weighted by molar-refractivity contribution is 0.754. The molecule has 1 aliphatic carbocycles. The van der Waals surface area contributed by atoms with Crippen LogP contribution in [0.4, 0.5) is 5.69 Å². The predicted octanol–water partition coefficient (Wildman–Crippen LogP) is 2.74. The zero-order valence-electron chi connectivity index (χ0n) is 8.09. The predicted molar refractivity (Wildman–Crippen MR) is 54.9 cm³/mol. The number of aromatic nitrogens is 1. The largest absolute Gasteiger partial charge is 0.382 e. The molecule has 13 heavy (non-hydrogen) atoms. The molecular weight excluding hydrogens is 160 g/mol. The van der Waals surface area contributed by atoms with Gasteiger partial charge in [-0.1, -0.05) is 12.8 Å². The summed E-state index contributed by atoms with van der Waals surface area (Å²) < 4.78 is 0. The molecule has 0 saturated heterocycles. The van der Waals surface area contributed by atoms with Gasteiger partial charge in [0.25, 0.3) is 0 Å². The molecule has 1 fully saturated rings. The first-order valence-electron chi connectivity index (χ1n) is 5.03. The maximum absolute atomic E-state index is 4.08. The molecule has 70 valence electrons. The highest BCUT2D eigenvalue weighted by Crippen LogP contribution is 2.23. The molecule has 1 saturated carbocycles. The van der Waals surface area contributed by atoms with Crippen LogP contribution in [-0.2, 0) is 0 Å². The van der Waals surface area contributed by atoms with Crippen molar-refractivity contribution in [3.8, 4) is 0 Å². The molecule has 1 N–H and O–H groups in total. The van der Waals surface area contributed by atoms with E-state index in [4.69, 9.17) is 0 Å². The Bertz CT molecular complexity index is 277. The molecule has 0 radical (unpaired) electrons. The minimum Gasteiger partial charge on any atom is -0.382 e. The van der Waals surface area contributed by atoms with Gasteiger partial charge in [-0.05, 0) is 31.4 Å². The monoisotopic (exact) mass is 176 g/mol. The fourth-order valence-corrected chi connectivity index (χ4v) is 1.93. The van der Waals surface area contributed by atoms with Gasteiger partial charge < -0.3 is 5.32 Å². The first-order valence-corrected chi connectivity index (χ1v) is 5.03. The number of pyridine rings is 1. The second-order valence-corrected chi connectivity index (χ2v) is 3.82. The molecule has 2 nitrogen and oxygen atoms in total. The van der Waals surface area contributed by atoms with E-state index in [1.165, 1.54) is 36.9 Å². The van der Waals surface area contributed by atoms with Crippen LogP contribution in [0.25, 0.3) is 0 Å². The quantitative estimate of drug-likeness (QED) is 0.749. The van der Waals surface area contributed by atoms with Crippen molar-refractivity contribution in [1.29, 1.82) is 0 Å². The molecule has 0 unspecified atom stereocenters. The summed E-state index contributed by atoms with van der Waals surface area (Å²) in [5, 5.41) is 3.57. The molecule has 1 aliphatic rings. The van der Waals surface area contributed by atoms with E-state index in [2.05, 4.69) is 23.3 Å². The third kappa shape index (κ3) is 2.00. The van der Waals surface area contributed by atoms with Crippen molar-refractivity contribution in [1.82, 2.24) is 4.98 Å². The van der Waals surface area contributed by atoms with Crippen molar-refractivity contribution in [2.75, 3.05) is 5.32 Å². The van der Waals surface area contributed by atoms with Gasteiger partial charge in [0, 0.05) is 24.1 Å². The summed E-state index contributed by atoms with van der Waals surface area (Å²) in [6.45, 7) is 2.10. The van der Waals surface area contributed by atoms with Crippen molar-refractivity contribution < 1.29 is 0 Å². The van der Waals surface area contributed by atoms with Gasteiger partial charge in [0.05, 0.1) is 0 Å². The van der Waals surface area contributed by atoms with Gasteiger partial charge in [0.1, 0.15) is 0 Å². The molecule has 2 rings (SSSR count). The smallest absolute Gasteiger partial charge is 0.0402 e. The zero-order chi connectivity index (χ0) is 9.10. The molecule has 0 aromatic carbocycles. The summed E-state index contributed by atoms with van der Waals surface area (Å²) in [5.74, 6) is 0. The van der Waals surface area contributed by atoms with Crippen molar-refractivity contribution in [2.24, 2.45) is 0 Å². The number of rotatable bonds is 2. The van der Waals surface area contributed by atoms with E-state index >= 15 is 0 Å². The molecule has 1 heterocycles. The molecule has 0 bridgehead atoms. The average Bonchev–Trinajstić information content (AvgIpc) is 2.61. The lowest BCUT2D eigenvalue weighted by Crippen LogP contribution is -2.15. The summed E-state index contributed by atoms with van der Waals surface area (Å²) in [6, 6.07) is 2.76. The summed E-state index contributed by atoms with van der Waals surface area (Å²) in [4.78, 5) is 4.08. The van der Waals surface area contributed by atoms with Crippen LogP contribution in [0.5, 0.6) is 0 Å². The van der Waals surface area contributed by atoms with Crippen LogP contribution >= 0.6 is 0 Å². The van der Waals surface area contributed by atoms with E-state index < -0.39 is 0 Å². The van der Waals surface area contributed by atoms with Gasteiger partial charge in [-0.3, -0.25) is 4.98 Å². The zero-order valence-corrected chi connectivity index (χ0v) is 8.09. The highest BCUT2D eigenvalue weighted by Gasteiger charge is 2.14. The second kappa shape index (κ2) is 3.77. The van der Waals surface area contributed by atoms with E-state index in [0.29, 0.717) is 6.04 Å². The van der Waals surface area contributed by atoms with Crippen LogP contribution in [0.1, 0.15) is 31.2 Å². The van der Waals surface area contributed by atoms with E-state index in [9.17, 15) is 0 Å². The van der Waals surface area contributed by atoms with Crippen LogP contribution in [0.3, 0.4) is 0 Å². The van der Waals surface area contributed by atoms with Crippen molar-refractivity contribution in [2.45, 2.75) is 38.6 Å². The van der Waals surface area contributed by atoms with Crippen molar-refractivity contribution in [3.05, 3.63) is 24.0 Å². The maximum Gasteiger partial charge on any atom is 0.0402 e. The summed E-state index contributed by atoms with van der Waals surface area (Å²) in [5.41, 5.74) is 2.50. The van der Waals surface area contributed by atoms with Gasteiger partial charge in [0.2, 0.25) is 0 Å². The standard InChI is InChI=1S/C11H16N2/c1-9-8-12-7-6-11(9)13-10-4-2-3-5-10/h6-8,10H,2-5H2,1H3,(H,12,13). The van der Waals surface area contributed by atoms with E-state index in [-0.39, 0.29) is 0 Å². The van der Waals surface area contributed by atoms with Crippen LogP contribution in [0, 0.1) is 6.92 Å². The summed E-state index contributed by atoms with van der Waals surface area (Å²) in [6.07, 6.45) is 9.16. The van der Waals surface area contributed by atoms with Gasteiger partial charge in [-0.15, -0.1) is 0 Å². The number of hydrogen-bond donors (Lipinski definition) is 1. The lowest BCUT2D eigenvalue weighted by Gasteiger charge is -2.14. The first kappa shape index (κ1) is 8.54. The van der Waals surface area contributed by atoms with Gasteiger partial charge in [-0.25, -0.2) is 0 Å². The highest BCUT2D eigenvalue weighted by atomic mass is 14.9. The molecule has 0 spiro atoms. The number of anilines is 1. The first-order chi connectivity index (χ1) is 6.36. The van der Waals surface area contributed by atoms with Crippen LogP contribution < -0.4 is 5.32 Å². The van der Waals surface area contributed by atoms with E-state index in [1.807, 2.05) is 12.4 Å². The topological polar surface area (TPSA) is 24.9 Å². The molecular formula is C11H16N2. The average molecular weight is 176 g/mol. The van der Waals surface area contributed by atoms with Gasteiger partial charge >= 0.3 is 0 Å². The molecule has 0 atom stereocenters. The normalized spacial score (nSPS) is 17.6. The number of hydrogen-bond acceptors (Lipinski definition) is 2.